The van der Waals surface area contributed by atoms with E-state index in [0.29, 0.717) is 0 Å². The summed E-state index contributed by atoms with van der Waals surface area (Å²) in [6.07, 6.45) is 8.81. The first-order valence-corrected chi connectivity index (χ1v) is 29.6. The summed E-state index contributed by atoms with van der Waals surface area (Å²) in [6, 6.07) is 53.0. The molecule has 11 aromatic rings. The molecule has 0 fully saturated rings. The number of unbranched alkanes of at least 4 members (excludes halogenated alkanes) is 1. The Labute approximate surface area is 496 Å². The molecule has 0 bridgehead atoms. The number of amides is 3. The van der Waals surface area contributed by atoms with Gasteiger partial charge in [0, 0.05) is 142 Å². The summed E-state index contributed by atoms with van der Waals surface area (Å²) in [5, 5.41) is 32.2. The van der Waals surface area contributed by atoms with E-state index in [2.05, 4.69) is 92.6 Å². The van der Waals surface area contributed by atoms with Gasteiger partial charge in [0.25, 0.3) is 0 Å². The molecule has 4 N–H and O–H groups in total. The number of rotatable bonds is 29. The zero-order valence-electron chi connectivity index (χ0n) is 47.8. The predicted octanol–water partition coefficient (Wildman–Crippen LogP) is 11.9. The molecule has 0 unspecified atom stereocenters. The molecule has 4 atom stereocenters. The van der Waals surface area contributed by atoms with E-state index in [4.69, 9.17) is 4.74 Å². The molecule has 6 aromatic carbocycles. The standard InChI is InChI=1S/C69H70N8O9/c78-64(35-32-62(68(82)83)72-40-15-16-41-72)70-38-45-74(46-39-71-65(79)36-33-63(69(84)85)73-42-17-18-43-73)67(81)61(77-59-30-11-5-24-53(59)54-25-6-12-31-60(54)77)34-37-66(80)86-47-48(76-57-28-9-3-22-51(57)52-23-4-10-29-58(52)76)19-13-14-44-75-55-26-7-1-20-49(55)50-21-2-8-27-56(50)75/h1-12,15-18,20-31,40-43,48,61-63H,13-14,19,32-39,44-47H2,(H,70,78)(H,71,79)(H,82,83)(H,84,85)/t48-,61-,62-,63-/m0/s1. The van der Waals surface area contributed by atoms with Crippen LogP contribution in [-0.4, -0.2) is 106 Å². The van der Waals surface area contributed by atoms with Gasteiger partial charge in [-0.1, -0.05) is 109 Å². The van der Waals surface area contributed by atoms with Gasteiger partial charge in [-0.2, -0.15) is 0 Å². The molecule has 0 aliphatic rings. The number of ether oxygens (including phenoxy) is 1. The van der Waals surface area contributed by atoms with Crippen molar-refractivity contribution >= 4 is 101 Å². The fourth-order valence-corrected chi connectivity index (χ4v) is 12.5. The minimum absolute atomic E-state index is 0.00162. The maximum Gasteiger partial charge on any atom is 0.326 e. The van der Waals surface area contributed by atoms with E-state index in [1.54, 1.807) is 54.0 Å². The third kappa shape index (κ3) is 12.6. The number of nitrogens with zero attached hydrogens (tertiary/aromatic N) is 6. The van der Waals surface area contributed by atoms with Gasteiger partial charge in [0.1, 0.15) is 24.7 Å². The molecule has 0 radical (unpaired) electrons. The van der Waals surface area contributed by atoms with Gasteiger partial charge in [-0.25, -0.2) is 9.59 Å². The first-order chi connectivity index (χ1) is 42.0. The molecule has 0 saturated heterocycles. The highest BCUT2D eigenvalue weighted by Crippen LogP contribution is 2.37. The number of esters is 1. The average molecular weight is 1160 g/mol. The van der Waals surface area contributed by atoms with Gasteiger partial charge < -0.3 is 53.3 Å². The molecule has 5 heterocycles. The molecule has 0 aliphatic carbocycles. The minimum Gasteiger partial charge on any atom is -0.480 e. The van der Waals surface area contributed by atoms with Crippen LogP contribution in [-0.2, 0) is 40.0 Å². The molecule has 5 aromatic heterocycles. The second kappa shape index (κ2) is 26.8. The molecule has 440 valence electrons. The Morgan fingerprint density at radius 3 is 1.22 bits per heavy atom. The molecule has 0 aliphatic heterocycles. The largest absolute Gasteiger partial charge is 0.480 e. The first kappa shape index (κ1) is 57.9. The van der Waals surface area contributed by atoms with Crippen LogP contribution < -0.4 is 10.6 Å². The summed E-state index contributed by atoms with van der Waals surface area (Å²) in [6.45, 7) is 0.914. The van der Waals surface area contributed by atoms with E-state index in [9.17, 15) is 34.2 Å². The highest BCUT2D eigenvalue weighted by Gasteiger charge is 2.31. The smallest absolute Gasteiger partial charge is 0.326 e. The summed E-state index contributed by atoms with van der Waals surface area (Å²) < 4.78 is 16.2. The predicted molar refractivity (Wildman–Crippen MR) is 334 cm³/mol. The number of para-hydroxylation sites is 6. The first-order valence-electron chi connectivity index (χ1n) is 29.6. The Morgan fingerprint density at radius 2 is 0.802 bits per heavy atom. The number of carbonyl (C=O) groups is 6. The molecule has 0 spiro atoms. The summed E-state index contributed by atoms with van der Waals surface area (Å²) in [5.41, 5.74) is 6.04. The van der Waals surface area contributed by atoms with E-state index >= 15 is 4.79 Å². The second-order valence-electron chi connectivity index (χ2n) is 22.0. The summed E-state index contributed by atoms with van der Waals surface area (Å²) in [5.74, 6) is -3.77. The van der Waals surface area contributed by atoms with Gasteiger partial charge >= 0.3 is 17.9 Å². The Hall–Kier alpha value is -9.90. The van der Waals surface area contributed by atoms with Crippen LogP contribution in [0.25, 0.3) is 65.4 Å². The average Bonchev–Trinajstić information content (AvgIpc) is 2.63. The van der Waals surface area contributed by atoms with Crippen LogP contribution >= 0.6 is 0 Å². The third-order valence-electron chi connectivity index (χ3n) is 16.7. The van der Waals surface area contributed by atoms with E-state index < -0.39 is 47.8 Å². The van der Waals surface area contributed by atoms with Crippen molar-refractivity contribution in [2.24, 2.45) is 0 Å². The Kier molecular flexibility index (Phi) is 18.0. The molecule has 3 amide bonds. The number of hydrogen-bond donors (Lipinski definition) is 4. The number of aryl methyl sites for hydroxylation is 1. The molecule has 11 rings (SSSR count). The quantitative estimate of drug-likeness (QED) is 0.0260. The number of nitrogens with one attached hydrogen (secondary N) is 2. The summed E-state index contributed by atoms with van der Waals surface area (Å²) in [7, 11) is 0. The number of fused-ring (bicyclic) bond motifs is 9. The van der Waals surface area contributed by atoms with E-state index in [-0.39, 0.29) is 83.3 Å². The van der Waals surface area contributed by atoms with Crippen molar-refractivity contribution < 1.29 is 43.7 Å². The van der Waals surface area contributed by atoms with Crippen LogP contribution in [0.5, 0.6) is 0 Å². The van der Waals surface area contributed by atoms with Crippen molar-refractivity contribution in [2.75, 3.05) is 32.8 Å². The Morgan fingerprint density at radius 1 is 0.430 bits per heavy atom. The fourth-order valence-electron chi connectivity index (χ4n) is 12.5. The topological polar surface area (TPSA) is 204 Å². The second-order valence-corrected chi connectivity index (χ2v) is 22.0. The number of benzene rings is 6. The van der Waals surface area contributed by atoms with Gasteiger partial charge in [0.15, 0.2) is 0 Å². The van der Waals surface area contributed by atoms with Gasteiger partial charge in [-0.3, -0.25) is 19.2 Å². The van der Waals surface area contributed by atoms with Crippen molar-refractivity contribution in [3.8, 4) is 0 Å². The number of hydrogen-bond acceptors (Lipinski definition) is 7. The van der Waals surface area contributed by atoms with E-state index in [0.717, 1.165) is 69.4 Å². The highest BCUT2D eigenvalue weighted by atomic mass is 16.5. The number of carboxylic acid groups (broad SMARTS) is 2. The zero-order valence-corrected chi connectivity index (χ0v) is 47.8. The van der Waals surface area contributed by atoms with Crippen LogP contribution in [0.2, 0.25) is 0 Å². The monoisotopic (exact) mass is 1150 g/mol. The number of carboxylic acids is 2. The van der Waals surface area contributed by atoms with Crippen LogP contribution in [0, 0.1) is 0 Å². The maximum absolute atomic E-state index is 15.7. The van der Waals surface area contributed by atoms with Gasteiger partial charge in [0.2, 0.25) is 17.7 Å². The lowest BCUT2D eigenvalue weighted by Crippen LogP contribution is -2.45. The number of aromatic nitrogens is 5. The van der Waals surface area contributed by atoms with Gasteiger partial charge in [-0.15, -0.1) is 0 Å². The van der Waals surface area contributed by atoms with Gasteiger partial charge in [-0.05, 0) is 99.2 Å². The minimum atomic E-state index is -1.07. The number of carbonyl (C=O) groups excluding carboxylic acids is 4. The van der Waals surface area contributed by atoms with Crippen LogP contribution in [0.15, 0.2) is 195 Å². The zero-order chi connectivity index (χ0) is 59.5. The van der Waals surface area contributed by atoms with Crippen molar-refractivity contribution in [1.82, 2.24) is 38.4 Å². The molecule has 17 nitrogen and oxygen atoms in total. The summed E-state index contributed by atoms with van der Waals surface area (Å²) in [4.78, 5) is 82.9. The third-order valence-corrected chi connectivity index (χ3v) is 16.7. The summed E-state index contributed by atoms with van der Waals surface area (Å²) >= 11 is 0. The lowest BCUT2D eigenvalue weighted by atomic mass is 10.1. The Balaban J connectivity index is 0.840. The lowest BCUT2D eigenvalue weighted by Gasteiger charge is -2.29. The van der Waals surface area contributed by atoms with Crippen molar-refractivity contribution in [2.45, 2.75) is 88.5 Å². The molecular formula is C69H70N8O9. The normalized spacial score (nSPS) is 13.1. The molecular weight excluding hydrogens is 1080 g/mol. The van der Waals surface area contributed by atoms with Crippen molar-refractivity contribution in [3.05, 3.63) is 195 Å². The molecule has 0 saturated carbocycles. The van der Waals surface area contributed by atoms with E-state index in [1.165, 1.54) is 30.9 Å². The maximum atomic E-state index is 15.7. The molecule has 86 heavy (non-hydrogen) atoms. The van der Waals surface area contributed by atoms with Crippen molar-refractivity contribution in [1.29, 1.82) is 0 Å². The van der Waals surface area contributed by atoms with Crippen LogP contribution in [0.1, 0.15) is 82.0 Å². The fraction of sp³-hybridized carbons (Fsp3) is 0.275. The SMILES string of the molecule is O=C(CC[C@@H](C(=O)O)n1cccc1)NCCN(CCNC(=O)CC[C@@H](C(=O)O)n1cccc1)C(=O)[C@H](CCC(=O)OC[C@H](CCCCn1c2ccccc2c2ccccc21)n1c2ccccc2c2ccccc21)n1c2ccccc2c2ccccc21. The molecule has 17 heteroatoms. The van der Waals surface area contributed by atoms with Gasteiger partial charge in [0.05, 0.1) is 6.04 Å². The number of aliphatic carboxylic acids is 2. The van der Waals surface area contributed by atoms with Crippen LogP contribution in [0.3, 0.4) is 0 Å². The van der Waals surface area contributed by atoms with E-state index in [1.807, 2.05) is 77.4 Å². The Bertz CT molecular complexity index is 3960. The lowest BCUT2D eigenvalue weighted by molar-refractivity contribution is -0.146. The van der Waals surface area contributed by atoms with Crippen LogP contribution in [0.4, 0.5) is 0 Å². The van der Waals surface area contributed by atoms with Crippen molar-refractivity contribution in [3.63, 3.8) is 0 Å². The highest BCUT2D eigenvalue weighted by molar-refractivity contribution is 6.10.